The first-order chi connectivity index (χ1) is 9.68. The van der Waals surface area contributed by atoms with Crippen molar-refractivity contribution < 1.29 is 5.11 Å². The van der Waals surface area contributed by atoms with Gasteiger partial charge in [-0.3, -0.25) is 4.68 Å². The first-order valence-corrected chi connectivity index (χ1v) is 7.60. The lowest BCUT2D eigenvalue weighted by molar-refractivity contribution is 0.176. The predicted octanol–water partition coefficient (Wildman–Crippen LogP) is 4.30. The van der Waals surface area contributed by atoms with Crippen molar-refractivity contribution in [3.05, 3.63) is 51.3 Å². The zero-order valence-electron chi connectivity index (χ0n) is 12.7. The molecule has 114 valence electrons. The molecule has 21 heavy (non-hydrogen) atoms. The fourth-order valence-electron chi connectivity index (χ4n) is 2.33. The number of nitrogens with zero attached hydrogens (tertiary/aromatic N) is 2. The Bertz CT molecular complexity index is 644. The minimum Gasteiger partial charge on any atom is -0.388 e. The Balaban J connectivity index is 2.28. The van der Waals surface area contributed by atoms with Gasteiger partial charge in [0.05, 0.1) is 21.8 Å². The first-order valence-electron chi connectivity index (χ1n) is 6.84. The van der Waals surface area contributed by atoms with E-state index in [0.717, 1.165) is 16.8 Å². The van der Waals surface area contributed by atoms with Crippen molar-refractivity contribution in [3.8, 4) is 0 Å². The highest BCUT2D eigenvalue weighted by molar-refractivity contribution is 6.42. The summed E-state index contributed by atoms with van der Waals surface area (Å²) in [6.07, 6.45) is 1.74. The van der Waals surface area contributed by atoms with Crippen molar-refractivity contribution in [1.29, 1.82) is 0 Å². The van der Waals surface area contributed by atoms with Crippen LogP contribution in [0.15, 0.2) is 24.4 Å². The lowest BCUT2D eigenvalue weighted by Crippen LogP contribution is -2.17. The number of hydrogen-bond donors (Lipinski definition) is 1. The summed E-state index contributed by atoms with van der Waals surface area (Å²) in [4.78, 5) is 0. The number of aliphatic hydroxyl groups is 1. The zero-order chi connectivity index (χ0) is 15.8. The zero-order valence-corrected chi connectivity index (χ0v) is 14.2. The topological polar surface area (TPSA) is 38.0 Å². The van der Waals surface area contributed by atoms with E-state index in [1.54, 1.807) is 16.8 Å². The van der Waals surface area contributed by atoms with Crippen LogP contribution in [0.25, 0.3) is 0 Å². The van der Waals surface area contributed by atoms with E-state index < -0.39 is 6.10 Å². The average Bonchev–Trinajstić information content (AvgIpc) is 2.76. The molecule has 0 amide bonds. The second-order valence-corrected chi connectivity index (χ2v) is 7.14. The van der Waals surface area contributed by atoms with E-state index in [0.29, 0.717) is 16.5 Å². The molecule has 2 rings (SSSR count). The minimum atomic E-state index is -0.620. The Labute approximate surface area is 135 Å². The van der Waals surface area contributed by atoms with Gasteiger partial charge in [0.2, 0.25) is 0 Å². The van der Waals surface area contributed by atoms with E-state index in [1.165, 1.54) is 0 Å². The van der Waals surface area contributed by atoms with Crippen molar-refractivity contribution in [2.24, 2.45) is 7.05 Å². The lowest BCUT2D eigenvalue weighted by atomic mass is 9.87. The summed E-state index contributed by atoms with van der Waals surface area (Å²) >= 11 is 11.9. The molecule has 0 aliphatic rings. The maximum absolute atomic E-state index is 10.6. The minimum absolute atomic E-state index is 0.116. The van der Waals surface area contributed by atoms with Gasteiger partial charge in [0.15, 0.2) is 0 Å². The molecule has 1 aromatic heterocycles. The molecular weight excluding hydrogens is 307 g/mol. The van der Waals surface area contributed by atoms with Crippen molar-refractivity contribution in [2.45, 2.75) is 38.7 Å². The number of hydrogen-bond acceptors (Lipinski definition) is 2. The van der Waals surface area contributed by atoms with Gasteiger partial charge in [0.25, 0.3) is 0 Å². The van der Waals surface area contributed by atoms with Gasteiger partial charge >= 0.3 is 0 Å². The first kappa shape index (κ1) is 16.3. The molecule has 3 nitrogen and oxygen atoms in total. The van der Waals surface area contributed by atoms with Crippen LogP contribution < -0.4 is 0 Å². The Kier molecular flexibility index (Phi) is 4.66. The monoisotopic (exact) mass is 326 g/mol. The molecule has 1 unspecified atom stereocenters. The molecule has 0 saturated heterocycles. The molecule has 0 fully saturated rings. The number of benzene rings is 1. The van der Waals surface area contributed by atoms with Crippen LogP contribution in [0.4, 0.5) is 0 Å². The molecule has 2 aromatic rings. The fraction of sp³-hybridized carbons (Fsp3) is 0.438. The van der Waals surface area contributed by atoms with Crippen LogP contribution >= 0.6 is 23.2 Å². The van der Waals surface area contributed by atoms with Crippen molar-refractivity contribution in [2.75, 3.05) is 0 Å². The molecule has 0 aliphatic heterocycles. The number of aliphatic hydroxyl groups excluding tert-OH is 1. The summed E-state index contributed by atoms with van der Waals surface area (Å²) in [6, 6.07) is 5.42. The lowest BCUT2D eigenvalue weighted by Gasteiger charge is -2.20. The van der Waals surface area contributed by atoms with Gasteiger partial charge in [0.1, 0.15) is 0 Å². The molecule has 0 radical (unpaired) electrons. The number of rotatable bonds is 3. The van der Waals surface area contributed by atoms with E-state index in [4.69, 9.17) is 23.2 Å². The Morgan fingerprint density at radius 2 is 1.90 bits per heavy atom. The standard InChI is InChI=1S/C16H20Cl2N2O/c1-16(2,3)15-11(9-20(4)19-15)14(21)8-10-5-6-12(17)13(18)7-10/h5-7,9,14,21H,8H2,1-4H3. The molecule has 1 aromatic carbocycles. The molecule has 0 aliphatic carbocycles. The van der Waals surface area contributed by atoms with E-state index in [-0.39, 0.29) is 5.41 Å². The van der Waals surface area contributed by atoms with Gasteiger partial charge in [-0.1, -0.05) is 50.0 Å². The largest absolute Gasteiger partial charge is 0.388 e. The summed E-state index contributed by atoms with van der Waals surface area (Å²) in [5.41, 5.74) is 2.60. The van der Waals surface area contributed by atoms with E-state index >= 15 is 0 Å². The van der Waals surface area contributed by atoms with Crippen LogP contribution in [0.5, 0.6) is 0 Å². The highest BCUT2D eigenvalue weighted by atomic mass is 35.5. The van der Waals surface area contributed by atoms with E-state index in [9.17, 15) is 5.11 Å². The predicted molar refractivity (Wildman–Crippen MR) is 87.0 cm³/mol. The third kappa shape index (κ3) is 3.79. The number of aryl methyl sites for hydroxylation is 1. The second kappa shape index (κ2) is 5.99. The van der Waals surface area contributed by atoms with Crippen molar-refractivity contribution in [1.82, 2.24) is 9.78 Å². The maximum atomic E-state index is 10.6. The third-order valence-corrected chi connectivity index (χ3v) is 4.08. The molecular formula is C16H20Cl2N2O. The molecule has 0 bridgehead atoms. The highest BCUT2D eigenvalue weighted by Gasteiger charge is 2.25. The fourth-order valence-corrected chi connectivity index (χ4v) is 2.65. The highest BCUT2D eigenvalue weighted by Crippen LogP contribution is 2.31. The Morgan fingerprint density at radius 1 is 1.24 bits per heavy atom. The summed E-state index contributed by atoms with van der Waals surface area (Å²) in [7, 11) is 1.87. The summed E-state index contributed by atoms with van der Waals surface area (Å²) in [5, 5.41) is 16.1. The van der Waals surface area contributed by atoms with Crippen LogP contribution in [-0.2, 0) is 18.9 Å². The Morgan fingerprint density at radius 3 is 2.48 bits per heavy atom. The third-order valence-electron chi connectivity index (χ3n) is 3.34. The molecule has 0 saturated carbocycles. The summed E-state index contributed by atoms with van der Waals surface area (Å²) < 4.78 is 1.74. The van der Waals surface area contributed by atoms with Gasteiger partial charge in [-0.25, -0.2) is 0 Å². The molecule has 0 spiro atoms. The number of aromatic nitrogens is 2. The van der Waals surface area contributed by atoms with Gasteiger partial charge in [-0.15, -0.1) is 0 Å². The van der Waals surface area contributed by atoms with Gasteiger partial charge in [-0.2, -0.15) is 5.10 Å². The van der Waals surface area contributed by atoms with Gasteiger partial charge in [-0.05, 0) is 17.7 Å². The number of halogens is 2. The van der Waals surface area contributed by atoms with Crippen LogP contribution in [-0.4, -0.2) is 14.9 Å². The second-order valence-electron chi connectivity index (χ2n) is 6.33. The van der Waals surface area contributed by atoms with Crippen LogP contribution in [0.1, 0.15) is 43.7 Å². The summed E-state index contributed by atoms with van der Waals surface area (Å²) in [5.74, 6) is 0. The maximum Gasteiger partial charge on any atom is 0.0863 e. The van der Waals surface area contributed by atoms with Gasteiger partial charge in [0, 0.05) is 30.6 Å². The Hall–Kier alpha value is -1.03. The molecule has 1 heterocycles. The van der Waals surface area contributed by atoms with E-state index in [2.05, 4.69) is 25.9 Å². The molecule has 5 heteroatoms. The van der Waals surface area contributed by atoms with Crippen molar-refractivity contribution in [3.63, 3.8) is 0 Å². The molecule has 1 N–H and O–H groups in total. The summed E-state index contributed by atoms with van der Waals surface area (Å²) in [6.45, 7) is 6.26. The van der Waals surface area contributed by atoms with Crippen LogP contribution in [0, 0.1) is 0 Å². The SMILES string of the molecule is Cn1cc(C(O)Cc2ccc(Cl)c(Cl)c2)c(C(C)(C)C)n1. The normalized spacial score (nSPS) is 13.5. The quantitative estimate of drug-likeness (QED) is 0.913. The average molecular weight is 327 g/mol. The van der Waals surface area contributed by atoms with Crippen LogP contribution in [0.3, 0.4) is 0 Å². The molecule has 1 atom stereocenters. The van der Waals surface area contributed by atoms with Gasteiger partial charge < -0.3 is 5.11 Å². The smallest absolute Gasteiger partial charge is 0.0863 e. The van der Waals surface area contributed by atoms with E-state index in [1.807, 2.05) is 19.3 Å². The van der Waals surface area contributed by atoms with Crippen LogP contribution in [0.2, 0.25) is 10.0 Å². The van der Waals surface area contributed by atoms with Crippen molar-refractivity contribution >= 4 is 23.2 Å².